The SMILES string of the molecule is CC(C)c1ncc(-c2cc(N)ccc2CCO)n1C. The molecule has 2 rings (SSSR count). The maximum absolute atomic E-state index is 9.17. The van der Waals surface area contributed by atoms with E-state index in [1.54, 1.807) is 0 Å². The minimum Gasteiger partial charge on any atom is -0.399 e. The number of aliphatic hydroxyl groups is 1. The van der Waals surface area contributed by atoms with Gasteiger partial charge in [0, 0.05) is 30.8 Å². The standard InChI is InChI=1S/C15H21N3O/c1-10(2)15-17-9-14(18(15)3)13-8-12(16)5-4-11(13)6-7-19/h4-5,8-10,19H,6-7,16H2,1-3H3. The lowest BCUT2D eigenvalue weighted by atomic mass is 10.0. The molecule has 0 fully saturated rings. The summed E-state index contributed by atoms with van der Waals surface area (Å²) in [6.45, 7) is 4.38. The minimum atomic E-state index is 0.131. The number of nitrogen functional groups attached to an aromatic ring is 1. The third-order valence-electron chi connectivity index (χ3n) is 3.33. The van der Waals surface area contributed by atoms with Gasteiger partial charge in [0.15, 0.2) is 0 Å². The largest absolute Gasteiger partial charge is 0.399 e. The summed E-state index contributed by atoms with van der Waals surface area (Å²) in [7, 11) is 2.02. The molecule has 19 heavy (non-hydrogen) atoms. The Morgan fingerprint density at radius 3 is 2.68 bits per heavy atom. The monoisotopic (exact) mass is 259 g/mol. The molecule has 0 unspecified atom stereocenters. The molecule has 0 spiro atoms. The van der Waals surface area contributed by atoms with Crippen molar-refractivity contribution >= 4 is 5.69 Å². The van der Waals surface area contributed by atoms with Crippen LogP contribution in [0.4, 0.5) is 5.69 Å². The molecule has 1 heterocycles. The molecular weight excluding hydrogens is 238 g/mol. The van der Waals surface area contributed by atoms with Crippen molar-refractivity contribution in [1.29, 1.82) is 0 Å². The lowest BCUT2D eigenvalue weighted by molar-refractivity contribution is 0.300. The summed E-state index contributed by atoms with van der Waals surface area (Å²) >= 11 is 0. The predicted octanol–water partition coefficient (Wildman–Crippen LogP) is 2.33. The van der Waals surface area contributed by atoms with Crippen molar-refractivity contribution in [2.24, 2.45) is 7.05 Å². The molecule has 4 heteroatoms. The minimum absolute atomic E-state index is 0.131. The van der Waals surface area contributed by atoms with Gasteiger partial charge in [-0.2, -0.15) is 0 Å². The molecule has 0 atom stereocenters. The maximum atomic E-state index is 9.17. The molecule has 0 saturated heterocycles. The number of nitrogens with zero attached hydrogens (tertiary/aromatic N) is 2. The van der Waals surface area contributed by atoms with E-state index in [0.717, 1.165) is 28.3 Å². The fourth-order valence-corrected chi connectivity index (χ4v) is 2.38. The summed E-state index contributed by atoms with van der Waals surface area (Å²) in [5, 5.41) is 9.17. The maximum Gasteiger partial charge on any atom is 0.111 e. The quantitative estimate of drug-likeness (QED) is 0.828. The highest BCUT2D eigenvalue weighted by molar-refractivity contribution is 5.68. The average molecular weight is 259 g/mol. The molecule has 0 aliphatic heterocycles. The fraction of sp³-hybridized carbons (Fsp3) is 0.400. The van der Waals surface area contributed by atoms with Gasteiger partial charge in [0.1, 0.15) is 5.82 Å². The Bertz CT molecular complexity index is 573. The second-order valence-electron chi connectivity index (χ2n) is 5.11. The number of rotatable bonds is 4. The average Bonchev–Trinajstić information content (AvgIpc) is 2.74. The first-order chi connectivity index (χ1) is 9.04. The van der Waals surface area contributed by atoms with E-state index in [9.17, 15) is 0 Å². The molecule has 0 radical (unpaired) electrons. The van der Waals surface area contributed by atoms with E-state index in [2.05, 4.69) is 23.4 Å². The van der Waals surface area contributed by atoms with Crippen LogP contribution in [-0.4, -0.2) is 21.3 Å². The number of hydrogen-bond donors (Lipinski definition) is 2. The summed E-state index contributed by atoms with van der Waals surface area (Å²) in [5.41, 5.74) is 9.80. The van der Waals surface area contributed by atoms with Gasteiger partial charge in [0.05, 0.1) is 11.9 Å². The summed E-state index contributed by atoms with van der Waals surface area (Å²) in [6, 6.07) is 5.79. The summed E-state index contributed by atoms with van der Waals surface area (Å²) in [4.78, 5) is 4.48. The van der Waals surface area contributed by atoms with E-state index >= 15 is 0 Å². The van der Waals surface area contributed by atoms with Crippen molar-refractivity contribution in [1.82, 2.24) is 9.55 Å². The molecule has 0 bridgehead atoms. The first-order valence-corrected chi connectivity index (χ1v) is 6.55. The van der Waals surface area contributed by atoms with E-state index in [-0.39, 0.29) is 6.61 Å². The molecule has 0 aliphatic rings. The van der Waals surface area contributed by atoms with Crippen molar-refractivity contribution in [2.75, 3.05) is 12.3 Å². The number of imidazole rings is 1. The van der Waals surface area contributed by atoms with E-state index in [4.69, 9.17) is 10.8 Å². The Balaban J connectivity index is 2.54. The third kappa shape index (κ3) is 2.63. The number of benzene rings is 1. The highest BCUT2D eigenvalue weighted by Crippen LogP contribution is 2.28. The fourth-order valence-electron chi connectivity index (χ4n) is 2.38. The summed E-state index contributed by atoms with van der Waals surface area (Å²) in [5.74, 6) is 1.42. The summed E-state index contributed by atoms with van der Waals surface area (Å²) in [6.07, 6.45) is 2.50. The van der Waals surface area contributed by atoms with Crippen LogP contribution in [0.15, 0.2) is 24.4 Å². The molecule has 3 N–H and O–H groups in total. The second-order valence-corrected chi connectivity index (χ2v) is 5.11. The van der Waals surface area contributed by atoms with Crippen LogP contribution in [0, 0.1) is 0 Å². The van der Waals surface area contributed by atoms with E-state index < -0.39 is 0 Å². The lowest BCUT2D eigenvalue weighted by Gasteiger charge is -2.12. The zero-order chi connectivity index (χ0) is 14.0. The Hall–Kier alpha value is -1.81. The predicted molar refractivity (Wildman–Crippen MR) is 77.9 cm³/mol. The van der Waals surface area contributed by atoms with Gasteiger partial charge in [-0.1, -0.05) is 19.9 Å². The topological polar surface area (TPSA) is 64.1 Å². The van der Waals surface area contributed by atoms with Crippen molar-refractivity contribution in [3.05, 3.63) is 35.8 Å². The van der Waals surface area contributed by atoms with Gasteiger partial charge in [0.25, 0.3) is 0 Å². The smallest absolute Gasteiger partial charge is 0.111 e. The number of hydrogen-bond acceptors (Lipinski definition) is 3. The molecule has 102 valence electrons. The van der Waals surface area contributed by atoms with Crippen LogP contribution < -0.4 is 5.73 Å². The number of aromatic nitrogens is 2. The molecule has 4 nitrogen and oxygen atoms in total. The van der Waals surface area contributed by atoms with Gasteiger partial charge in [-0.25, -0.2) is 4.98 Å². The van der Waals surface area contributed by atoms with Gasteiger partial charge in [0.2, 0.25) is 0 Å². The second kappa shape index (κ2) is 5.45. The Morgan fingerprint density at radius 2 is 2.11 bits per heavy atom. The van der Waals surface area contributed by atoms with Crippen LogP contribution >= 0.6 is 0 Å². The molecule has 0 aliphatic carbocycles. The molecule has 2 aromatic rings. The van der Waals surface area contributed by atoms with Crippen LogP contribution in [-0.2, 0) is 13.5 Å². The van der Waals surface area contributed by atoms with E-state index in [1.165, 1.54) is 0 Å². The molecule has 0 amide bonds. The van der Waals surface area contributed by atoms with Gasteiger partial charge in [-0.3, -0.25) is 0 Å². The highest BCUT2D eigenvalue weighted by atomic mass is 16.2. The van der Waals surface area contributed by atoms with Crippen LogP contribution in [0.1, 0.15) is 31.2 Å². The van der Waals surface area contributed by atoms with Gasteiger partial charge in [-0.05, 0) is 24.1 Å². The third-order valence-corrected chi connectivity index (χ3v) is 3.33. The van der Waals surface area contributed by atoms with Crippen molar-refractivity contribution < 1.29 is 5.11 Å². The van der Waals surface area contributed by atoms with Crippen LogP contribution in [0.2, 0.25) is 0 Å². The number of anilines is 1. The van der Waals surface area contributed by atoms with E-state index in [1.807, 2.05) is 31.4 Å². The van der Waals surface area contributed by atoms with Crippen LogP contribution in [0.3, 0.4) is 0 Å². The first kappa shape index (κ1) is 13.6. The first-order valence-electron chi connectivity index (χ1n) is 6.55. The van der Waals surface area contributed by atoms with Crippen molar-refractivity contribution in [3.8, 4) is 11.3 Å². The molecule has 0 saturated carbocycles. The Morgan fingerprint density at radius 1 is 1.37 bits per heavy atom. The van der Waals surface area contributed by atoms with Crippen molar-refractivity contribution in [2.45, 2.75) is 26.2 Å². The molecule has 1 aromatic heterocycles. The Kier molecular flexibility index (Phi) is 3.90. The van der Waals surface area contributed by atoms with Crippen LogP contribution in [0.5, 0.6) is 0 Å². The Labute approximate surface area is 113 Å². The molecular formula is C15H21N3O. The molecule has 1 aromatic carbocycles. The van der Waals surface area contributed by atoms with E-state index in [0.29, 0.717) is 12.3 Å². The van der Waals surface area contributed by atoms with Gasteiger partial charge >= 0.3 is 0 Å². The van der Waals surface area contributed by atoms with Gasteiger partial charge in [-0.15, -0.1) is 0 Å². The van der Waals surface area contributed by atoms with Crippen molar-refractivity contribution in [3.63, 3.8) is 0 Å². The summed E-state index contributed by atoms with van der Waals surface area (Å²) < 4.78 is 2.10. The normalized spacial score (nSPS) is 11.2. The zero-order valence-electron chi connectivity index (χ0n) is 11.7. The van der Waals surface area contributed by atoms with Crippen LogP contribution in [0.25, 0.3) is 11.3 Å². The highest BCUT2D eigenvalue weighted by Gasteiger charge is 2.14. The van der Waals surface area contributed by atoms with Gasteiger partial charge < -0.3 is 15.4 Å². The zero-order valence-corrected chi connectivity index (χ0v) is 11.7. The number of aliphatic hydroxyl groups excluding tert-OH is 1. The lowest BCUT2D eigenvalue weighted by Crippen LogP contribution is -2.03. The number of nitrogens with two attached hydrogens (primary N) is 1.